The number of amides is 1. The van der Waals surface area contributed by atoms with Gasteiger partial charge in [0.05, 0.1) is 11.7 Å². The van der Waals surface area contributed by atoms with Crippen LogP contribution in [0.3, 0.4) is 0 Å². The maximum Gasteiger partial charge on any atom is 0.238 e. The molecule has 19 heavy (non-hydrogen) atoms. The highest BCUT2D eigenvalue weighted by Crippen LogP contribution is 2.16. The first-order valence-electron chi connectivity index (χ1n) is 6.69. The Balaban J connectivity index is 2.85. The molecule has 108 valence electrons. The number of carbonyl (C=O) groups excluding carboxylic acids is 1. The Bertz CT molecular complexity index is 423. The average molecular weight is 286 g/mol. The monoisotopic (exact) mass is 285 g/mol. The van der Waals surface area contributed by atoms with Gasteiger partial charge in [-0.1, -0.05) is 6.92 Å². The third-order valence-electron chi connectivity index (χ3n) is 3.23. The molecular formula is C14H24ClN3O. The van der Waals surface area contributed by atoms with Gasteiger partial charge < -0.3 is 4.90 Å². The molecule has 1 atom stereocenters. The van der Waals surface area contributed by atoms with Crippen molar-refractivity contribution in [3.8, 4) is 0 Å². The maximum atomic E-state index is 11.9. The predicted molar refractivity (Wildman–Crippen MR) is 78.2 cm³/mol. The average Bonchev–Trinajstić information content (AvgIpc) is 2.82. The molecule has 1 aromatic rings. The Morgan fingerprint density at radius 1 is 1.53 bits per heavy atom. The summed E-state index contributed by atoms with van der Waals surface area (Å²) in [6.45, 7) is 11.0. The number of halogens is 1. The van der Waals surface area contributed by atoms with Crippen molar-refractivity contribution in [3.63, 3.8) is 0 Å². The minimum atomic E-state index is -0.0457. The minimum Gasteiger partial charge on any atom is -0.335 e. The van der Waals surface area contributed by atoms with E-state index in [0.717, 1.165) is 12.0 Å². The van der Waals surface area contributed by atoms with Crippen molar-refractivity contribution in [1.29, 1.82) is 0 Å². The fourth-order valence-corrected chi connectivity index (χ4v) is 1.95. The Labute approximate surface area is 120 Å². The van der Waals surface area contributed by atoms with Crippen molar-refractivity contribution in [2.24, 2.45) is 0 Å². The van der Waals surface area contributed by atoms with Gasteiger partial charge in [-0.15, -0.1) is 11.6 Å². The van der Waals surface area contributed by atoms with Crippen molar-refractivity contribution in [2.45, 2.75) is 59.2 Å². The largest absolute Gasteiger partial charge is 0.335 e. The molecule has 1 aromatic heterocycles. The predicted octanol–water partition coefficient (Wildman–Crippen LogP) is 3.00. The highest BCUT2D eigenvalue weighted by atomic mass is 35.5. The van der Waals surface area contributed by atoms with Crippen LogP contribution in [0.5, 0.6) is 0 Å². The van der Waals surface area contributed by atoms with Crippen molar-refractivity contribution in [2.75, 3.05) is 5.88 Å². The number of rotatable bonds is 5. The fourth-order valence-electron chi connectivity index (χ4n) is 1.79. The van der Waals surface area contributed by atoms with Crippen molar-refractivity contribution in [3.05, 3.63) is 18.0 Å². The molecular weight excluding hydrogens is 262 g/mol. The van der Waals surface area contributed by atoms with Gasteiger partial charge in [-0.2, -0.15) is 5.10 Å². The Kier molecular flexibility index (Phi) is 5.41. The van der Waals surface area contributed by atoms with Crippen LogP contribution in [-0.2, 0) is 16.9 Å². The number of hydrogen-bond acceptors (Lipinski definition) is 2. The van der Waals surface area contributed by atoms with E-state index >= 15 is 0 Å². The number of alkyl halides is 1. The number of carbonyl (C=O) groups is 1. The van der Waals surface area contributed by atoms with Crippen LogP contribution < -0.4 is 0 Å². The molecule has 0 aromatic carbocycles. The molecule has 0 fully saturated rings. The molecule has 0 N–H and O–H groups in total. The Morgan fingerprint density at radius 3 is 2.58 bits per heavy atom. The highest BCUT2D eigenvalue weighted by molar-refractivity contribution is 6.27. The van der Waals surface area contributed by atoms with Crippen molar-refractivity contribution >= 4 is 17.5 Å². The molecule has 5 heteroatoms. The minimum absolute atomic E-state index is 0.0255. The molecule has 1 rings (SSSR count). The first-order valence-corrected chi connectivity index (χ1v) is 7.22. The summed E-state index contributed by atoms with van der Waals surface area (Å²) in [7, 11) is 0. The van der Waals surface area contributed by atoms with Gasteiger partial charge in [0, 0.05) is 24.3 Å². The molecule has 0 saturated carbocycles. The number of hydrogen-bond donors (Lipinski definition) is 0. The topological polar surface area (TPSA) is 38.1 Å². The quantitative estimate of drug-likeness (QED) is 0.780. The summed E-state index contributed by atoms with van der Waals surface area (Å²) in [6.07, 6.45) is 4.73. The first-order chi connectivity index (χ1) is 8.79. The van der Waals surface area contributed by atoms with Crippen LogP contribution in [0.15, 0.2) is 12.4 Å². The van der Waals surface area contributed by atoms with Gasteiger partial charge in [-0.25, -0.2) is 0 Å². The molecule has 0 aliphatic carbocycles. The lowest BCUT2D eigenvalue weighted by atomic mass is 10.1. The molecule has 1 heterocycles. The summed E-state index contributed by atoms with van der Waals surface area (Å²) in [4.78, 5) is 13.7. The van der Waals surface area contributed by atoms with E-state index < -0.39 is 0 Å². The summed E-state index contributed by atoms with van der Waals surface area (Å²) in [6, 6.07) is 0.184. The summed E-state index contributed by atoms with van der Waals surface area (Å²) in [5, 5.41) is 4.36. The van der Waals surface area contributed by atoms with Crippen molar-refractivity contribution < 1.29 is 4.79 Å². The van der Waals surface area contributed by atoms with Crippen LogP contribution in [0.4, 0.5) is 0 Å². The molecule has 0 bridgehead atoms. The van der Waals surface area contributed by atoms with E-state index in [-0.39, 0.29) is 23.4 Å². The summed E-state index contributed by atoms with van der Waals surface area (Å²) in [5.74, 6) is -0.00267. The Morgan fingerprint density at radius 2 is 2.16 bits per heavy atom. The molecule has 4 nitrogen and oxygen atoms in total. The van der Waals surface area contributed by atoms with E-state index in [1.807, 2.05) is 28.9 Å². The molecule has 1 amide bonds. The zero-order chi connectivity index (χ0) is 14.6. The molecule has 0 saturated heterocycles. The second kappa shape index (κ2) is 6.42. The van der Waals surface area contributed by atoms with E-state index in [2.05, 4.69) is 32.8 Å². The summed E-state index contributed by atoms with van der Waals surface area (Å²) >= 11 is 5.68. The van der Waals surface area contributed by atoms with E-state index in [9.17, 15) is 4.79 Å². The Hall–Kier alpha value is -1.03. The normalized spacial score (nSPS) is 13.4. The highest BCUT2D eigenvalue weighted by Gasteiger charge is 2.20. The zero-order valence-corrected chi connectivity index (χ0v) is 13.2. The van der Waals surface area contributed by atoms with Crippen LogP contribution in [0.2, 0.25) is 0 Å². The third-order valence-corrected chi connectivity index (χ3v) is 3.46. The second-order valence-electron chi connectivity index (χ2n) is 5.88. The maximum absolute atomic E-state index is 11.9. The molecule has 1 unspecified atom stereocenters. The van der Waals surface area contributed by atoms with Gasteiger partial charge in [0.1, 0.15) is 5.88 Å². The van der Waals surface area contributed by atoms with E-state index in [4.69, 9.17) is 11.6 Å². The van der Waals surface area contributed by atoms with Gasteiger partial charge in [0.15, 0.2) is 0 Å². The van der Waals surface area contributed by atoms with Gasteiger partial charge >= 0.3 is 0 Å². The van der Waals surface area contributed by atoms with E-state index in [1.54, 1.807) is 0 Å². The number of aromatic nitrogens is 2. The van der Waals surface area contributed by atoms with Crippen LogP contribution >= 0.6 is 11.6 Å². The van der Waals surface area contributed by atoms with Crippen LogP contribution in [0.1, 0.15) is 46.6 Å². The van der Waals surface area contributed by atoms with Crippen LogP contribution in [0.25, 0.3) is 0 Å². The second-order valence-corrected chi connectivity index (χ2v) is 6.14. The van der Waals surface area contributed by atoms with Crippen LogP contribution in [-0.4, -0.2) is 32.5 Å². The molecule has 0 radical (unpaired) electrons. The third kappa shape index (κ3) is 4.23. The molecule has 0 aliphatic rings. The number of nitrogens with zero attached hydrogens (tertiary/aromatic N) is 3. The molecule has 0 spiro atoms. The molecule has 0 aliphatic heterocycles. The SMILES string of the molecule is CCC(C)N(Cc1cnn(C(C)(C)C)c1)C(=O)CCl. The van der Waals surface area contributed by atoms with Gasteiger partial charge in [0.2, 0.25) is 5.91 Å². The lowest BCUT2D eigenvalue weighted by Crippen LogP contribution is -2.38. The van der Waals surface area contributed by atoms with Crippen molar-refractivity contribution in [1.82, 2.24) is 14.7 Å². The zero-order valence-electron chi connectivity index (χ0n) is 12.5. The summed E-state index contributed by atoms with van der Waals surface area (Å²) < 4.78 is 1.92. The van der Waals surface area contributed by atoms with E-state index in [0.29, 0.717) is 6.54 Å². The van der Waals surface area contributed by atoms with E-state index in [1.165, 1.54) is 0 Å². The first kappa shape index (κ1) is 16.0. The summed E-state index contributed by atoms with van der Waals surface area (Å²) in [5.41, 5.74) is 0.990. The van der Waals surface area contributed by atoms with Crippen LogP contribution in [0, 0.1) is 0 Å². The lowest BCUT2D eigenvalue weighted by molar-refractivity contribution is -0.131. The van der Waals surface area contributed by atoms with Gasteiger partial charge in [0.25, 0.3) is 0 Å². The lowest BCUT2D eigenvalue weighted by Gasteiger charge is -2.27. The fraction of sp³-hybridized carbons (Fsp3) is 0.714. The standard InChI is InChI=1S/C14H24ClN3O/c1-6-11(2)17(13(19)7-15)9-12-8-16-18(10-12)14(3,4)5/h8,10-11H,6-7,9H2,1-5H3. The van der Waals surface area contributed by atoms with Gasteiger partial charge in [-0.05, 0) is 34.1 Å². The van der Waals surface area contributed by atoms with Gasteiger partial charge in [-0.3, -0.25) is 9.48 Å². The smallest absolute Gasteiger partial charge is 0.238 e.